The van der Waals surface area contributed by atoms with Crippen molar-refractivity contribution < 1.29 is 18.3 Å². The van der Waals surface area contributed by atoms with Crippen LogP contribution in [0.2, 0.25) is 0 Å². The number of carbonyl (C=O) groups excluding carboxylic acids is 1. The monoisotopic (exact) mass is 306 g/mol. The van der Waals surface area contributed by atoms with Crippen LogP contribution >= 0.6 is 11.8 Å². The molecule has 2 aromatic carbocycles. The Morgan fingerprint density at radius 3 is 2.71 bits per heavy atom. The van der Waals surface area contributed by atoms with E-state index in [4.69, 9.17) is 4.74 Å². The van der Waals surface area contributed by atoms with Gasteiger partial charge in [-0.05, 0) is 12.1 Å². The molecule has 1 atom stereocenters. The molecule has 3 rings (SSSR count). The number of rotatable bonds is 1. The van der Waals surface area contributed by atoms with E-state index >= 15 is 0 Å². The first-order valence-corrected chi connectivity index (χ1v) is 7.42. The van der Waals surface area contributed by atoms with Crippen molar-refractivity contribution in [3.8, 4) is 0 Å². The van der Waals surface area contributed by atoms with Gasteiger partial charge in [-0.15, -0.1) is 11.8 Å². The highest BCUT2D eigenvalue weighted by molar-refractivity contribution is 7.98. The maximum atomic E-state index is 14.1. The summed E-state index contributed by atoms with van der Waals surface area (Å²) < 4.78 is 32.9. The molecule has 21 heavy (non-hydrogen) atoms. The van der Waals surface area contributed by atoms with Crippen molar-refractivity contribution >= 4 is 17.7 Å². The fraction of sp³-hybridized carbons (Fsp3) is 0.188. The van der Waals surface area contributed by atoms with Gasteiger partial charge in [0.1, 0.15) is 0 Å². The van der Waals surface area contributed by atoms with Crippen LogP contribution in [0.5, 0.6) is 0 Å². The van der Waals surface area contributed by atoms with Crippen LogP contribution in [0.15, 0.2) is 41.3 Å². The van der Waals surface area contributed by atoms with Crippen molar-refractivity contribution in [2.24, 2.45) is 0 Å². The average molecular weight is 306 g/mol. The van der Waals surface area contributed by atoms with Crippen molar-refractivity contribution in [1.29, 1.82) is 0 Å². The minimum atomic E-state index is -0.887. The van der Waals surface area contributed by atoms with Gasteiger partial charge in [0.2, 0.25) is 0 Å². The van der Waals surface area contributed by atoms with Crippen LogP contribution in [0, 0.1) is 11.6 Å². The van der Waals surface area contributed by atoms with Gasteiger partial charge in [-0.25, -0.2) is 8.78 Å². The largest absolute Gasteiger partial charge is 0.453 e. The molecule has 0 fully saturated rings. The Hall–Kier alpha value is -1.88. The number of benzene rings is 2. The Balaban J connectivity index is 2.21. The van der Waals surface area contributed by atoms with Gasteiger partial charge in [0.15, 0.2) is 17.7 Å². The van der Waals surface area contributed by atoms with Gasteiger partial charge in [0.05, 0.1) is 0 Å². The molecule has 0 amide bonds. The molecule has 2 nitrogen and oxygen atoms in total. The highest BCUT2D eigenvalue weighted by Gasteiger charge is 2.29. The Bertz CT molecular complexity index is 715. The summed E-state index contributed by atoms with van der Waals surface area (Å²) >= 11 is 1.41. The molecule has 0 saturated carbocycles. The third-order valence-corrected chi connectivity index (χ3v) is 4.49. The number of carbonyl (C=O) groups is 1. The van der Waals surface area contributed by atoms with Crippen molar-refractivity contribution in [2.75, 3.05) is 0 Å². The minimum Gasteiger partial charge on any atom is -0.453 e. The second-order valence-electron chi connectivity index (χ2n) is 4.75. The Morgan fingerprint density at radius 2 is 1.95 bits per heavy atom. The SMILES string of the molecule is CC(=O)OC1c2ccccc2SCc2c1ccc(F)c2F. The first-order valence-electron chi connectivity index (χ1n) is 6.43. The van der Waals surface area contributed by atoms with E-state index in [2.05, 4.69) is 0 Å². The predicted molar refractivity (Wildman–Crippen MR) is 76.0 cm³/mol. The Labute approximate surface area is 125 Å². The first-order chi connectivity index (χ1) is 10.1. The summed E-state index contributed by atoms with van der Waals surface area (Å²) in [4.78, 5) is 12.3. The van der Waals surface area contributed by atoms with E-state index in [-0.39, 0.29) is 5.56 Å². The zero-order valence-corrected chi connectivity index (χ0v) is 12.0. The molecule has 0 aliphatic carbocycles. The summed E-state index contributed by atoms with van der Waals surface area (Å²) in [5.41, 5.74) is 1.55. The lowest BCUT2D eigenvalue weighted by Crippen LogP contribution is -2.12. The second kappa shape index (κ2) is 5.48. The molecule has 108 valence electrons. The zero-order valence-electron chi connectivity index (χ0n) is 11.2. The van der Waals surface area contributed by atoms with Gasteiger partial charge in [0, 0.05) is 34.3 Å². The molecular formula is C16H12F2O2S. The van der Waals surface area contributed by atoms with E-state index in [1.165, 1.54) is 24.8 Å². The van der Waals surface area contributed by atoms with Crippen molar-refractivity contribution in [2.45, 2.75) is 23.7 Å². The number of hydrogen-bond donors (Lipinski definition) is 0. The van der Waals surface area contributed by atoms with Gasteiger partial charge >= 0.3 is 5.97 Å². The van der Waals surface area contributed by atoms with E-state index in [1.54, 1.807) is 0 Å². The maximum absolute atomic E-state index is 14.1. The van der Waals surface area contributed by atoms with Gasteiger partial charge in [-0.1, -0.05) is 24.3 Å². The lowest BCUT2D eigenvalue weighted by Gasteiger charge is -2.19. The maximum Gasteiger partial charge on any atom is 0.303 e. The van der Waals surface area contributed by atoms with E-state index in [0.29, 0.717) is 11.3 Å². The summed E-state index contributed by atoms with van der Waals surface area (Å²) in [6.45, 7) is 1.31. The van der Waals surface area contributed by atoms with E-state index < -0.39 is 23.7 Å². The number of fused-ring (bicyclic) bond motifs is 2. The summed E-state index contributed by atoms with van der Waals surface area (Å²) in [6.07, 6.45) is -0.709. The van der Waals surface area contributed by atoms with E-state index in [1.807, 2.05) is 24.3 Å². The molecule has 1 unspecified atom stereocenters. The molecule has 2 aromatic rings. The van der Waals surface area contributed by atoms with E-state index in [0.717, 1.165) is 16.5 Å². The first kappa shape index (κ1) is 14.1. The molecular weight excluding hydrogens is 294 g/mol. The molecule has 0 spiro atoms. The molecule has 0 radical (unpaired) electrons. The van der Waals surface area contributed by atoms with Gasteiger partial charge in [-0.3, -0.25) is 4.79 Å². The Kier molecular flexibility index (Phi) is 3.68. The van der Waals surface area contributed by atoms with Crippen molar-refractivity contribution in [1.82, 2.24) is 0 Å². The predicted octanol–water partition coefficient (Wildman–Crippen LogP) is 4.22. The van der Waals surface area contributed by atoms with Crippen molar-refractivity contribution in [3.05, 3.63) is 64.7 Å². The minimum absolute atomic E-state index is 0.252. The molecule has 1 heterocycles. The molecule has 0 aromatic heterocycles. The lowest BCUT2D eigenvalue weighted by atomic mass is 9.97. The van der Waals surface area contributed by atoms with E-state index in [9.17, 15) is 13.6 Å². The number of thioether (sulfide) groups is 1. The van der Waals surface area contributed by atoms with Crippen LogP contribution in [0.1, 0.15) is 29.7 Å². The molecule has 1 aliphatic heterocycles. The molecule has 5 heteroatoms. The van der Waals surface area contributed by atoms with Crippen LogP contribution in [0.4, 0.5) is 8.78 Å². The Morgan fingerprint density at radius 1 is 1.19 bits per heavy atom. The third kappa shape index (κ3) is 2.53. The third-order valence-electron chi connectivity index (χ3n) is 3.37. The zero-order chi connectivity index (χ0) is 15.0. The highest BCUT2D eigenvalue weighted by atomic mass is 32.2. The fourth-order valence-corrected chi connectivity index (χ4v) is 3.55. The number of hydrogen-bond acceptors (Lipinski definition) is 3. The summed E-state index contributed by atoms with van der Waals surface area (Å²) in [5, 5.41) is 0. The van der Waals surface area contributed by atoms with Crippen LogP contribution in [0.25, 0.3) is 0 Å². The highest BCUT2D eigenvalue weighted by Crippen LogP contribution is 2.42. The summed E-state index contributed by atoms with van der Waals surface area (Å²) in [7, 11) is 0. The average Bonchev–Trinajstić information content (AvgIpc) is 2.61. The van der Waals surface area contributed by atoms with Crippen LogP contribution < -0.4 is 0 Å². The topological polar surface area (TPSA) is 26.3 Å². The number of esters is 1. The second-order valence-corrected chi connectivity index (χ2v) is 5.76. The number of halogens is 2. The normalized spacial score (nSPS) is 16.6. The number of ether oxygens (including phenoxy) is 1. The fourth-order valence-electron chi connectivity index (χ4n) is 2.44. The standard InChI is InChI=1S/C16H12F2O2S/c1-9(19)20-16-10-6-7-13(17)15(18)12(10)8-21-14-5-3-2-4-11(14)16/h2-7,16H,8H2,1H3. The molecule has 0 bridgehead atoms. The lowest BCUT2D eigenvalue weighted by molar-refractivity contribution is -0.144. The quantitative estimate of drug-likeness (QED) is 0.738. The summed E-state index contributed by atoms with van der Waals surface area (Å²) in [6, 6.07) is 9.99. The smallest absolute Gasteiger partial charge is 0.303 e. The van der Waals surface area contributed by atoms with Crippen LogP contribution in [-0.4, -0.2) is 5.97 Å². The molecule has 0 saturated heterocycles. The van der Waals surface area contributed by atoms with Gasteiger partial charge in [-0.2, -0.15) is 0 Å². The van der Waals surface area contributed by atoms with Gasteiger partial charge < -0.3 is 4.74 Å². The van der Waals surface area contributed by atoms with Crippen molar-refractivity contribution in [3.63, 3.8) is 0 Å². The summed E-state index contributed by atoms with van der Waals surface area (Å²) in [5.74, 6) is -1.92. The van der Waals surface area contributed by atoms with Crippen LogP contribution in [-0.2, 0) is 15.3 Å². The van der Waals surface area contributed by atoms with Gasteiger partial charge in [0.25, 0.3) is 0 Å². The molecule has 0 N–H and O–H groups in total. The molecule has 1 aliphatic rings. The van der Waals surface area contributed by atoms with Crippen LogP contribution in [0.3, 0.4) is 0 Å².